The van der Waals surface area contributed by atoms with Gasteiger partial charge in [-0.25, -0.2) is 0 Å². The number of nitrogens with zero attached hydrogens (tertiary/aromatic N) is 2. The molecule has 2 atom stereocenters. The summed E-state index contributed by atoms with van der Waals surface area (Å²) >= 11 is 0. The van der Waals surface area contributed by atoms with E-state index in [0.717, 1.165) is 36.8 Å². The first kappa shape index (κ1) is 31.9. The molecule has 1 aliphatic carbocycles. The van der Waals surface area contributed by atoms with Gasteiger partial charge in [0.05, 0.1) is 6.20 Å². The first-order chi connectivity index (χ1) is 24.5. The predicted molar refractivity (Wildman–Crippen MR) is 208 cm³/mol. The molecule has 0 bridgehead atoms. The molecule has 8 aromatic rings. The Bertz CT molecular complexity index is 2350. The molecule has 0 aliphatic heterocycles. The number of nitrogens with two attached hydrogens (primary N) is 1. The molecule has 1 aliphatic rings. The second kappa shape index (κ2) is 13.9. The first-order valence-corrected chi connectivity index (χ1v) is 17.9. The normalized spacial score (nSPS) is 15.8. The summed E-state index contributed by atoms with van der Waals surface area (Å²) in [5, 5.41) is 12.1. The highest BCUT2D eigenvalue weighted by molar-refractivity contribution is 6.11. The number of hydrogen-bond acceptors (Lipinski definition) is 3. The van der Waals surface area contributed by atoms with Crippen LogP contribution >= 0.6 is 0 Å². The standard InChI is InChI=1S/C33H35N3O.C12H9N/c1-22(2)36-20-25(19-35-36)13-12-24-16-30-28(32(34)17-24)15-14-27-26-10-6-7-11-29(26)33(18-31(27)30)37-21-23-8-4-3-5-9-23;1-3-7-11-9(5-1)10-6-2-4-8-12(10)13-11/h3-11,14-15,18-20,22,24,32H,12-13,16-17,21,34H2,1-2H3;1-8,13H. The fourth-order valence-corrected chi connectivity index (χ4v) is 7.69. The molecule has 2 unspecified atom stereocenters. The summed E-state index contributed by atoms with van der Waals surface area (Å²) < 4.78 is 8.49. The highest BCUT2D eigenvalue weighted by Crippen LogP contribution is 2.42. The van der Waals surface area contributed by atoms with Crippen LogP contribution in [0.4, 0.5) is 0 Å². The Morgan fingerprint density at radius 2 is 1.38 bits per heavy atom. The highest BCUT2D eigenvalue weighted by Gasteiger charge is 2.27. The van der Waals surface area contributed by atoms with E-state index < -0.39 is 0 Å². The van der Waals surface area contributed by atoms with Crippen LogP contribution in [-0.4, -0.2) is 14.8 Å². The largest absolute Gasteiger partial charge is 0.488 e. The maximum Gasteiger partial charge on any atom is 0.128 e. The fraction of sp³-hybridized carbons (Fsp3) is 0.222. The molecule has 2 heterocycles. The zero-order chi connectivity index (χ0) is 34.0. The molecule has 0 saturated carbocycles. The van der Waals surface area contributed by atoms with Crippen molar-refractivity contribution in [3.8, 4) is 5.75 Å². The SMILES string of the molecule is CC(C)n1cc(CCC2Cc3c(ccc4c3cc(OCc3ccccc3)c3ccccc34)C(N)C2)cn1.c1ccc2c(c1)[nH]c1ccccc12. The van der Waals surface area contributed by atoms with Gasteiger partial charge in [-0.1, -0.05) is 103 Å². The topological polar surface area (TPSA) is 68.9 Å². The summed E-state index contributed by atoms with van der Waals surface area (Å²) in [5.41, 5.74) is 14.4. The van der Waals surface area contributed by atoms with Crippen molar-refractivity contribution in [2.45, 2.75) is 58.2 Å². The average Bonchev–Trinajstić information content (AvgIpc) is 3.79. The molecule has 0 fully saturated rings. The molecule has 2 aromatic heterocycles. The number of benzene rings is 6. The minimum absolute atomic E-state index is 0.0664. The van der Waals surface area contributed by atoms with Gasteiger partial charge in [-0.15, -0.1) is 0 Å². The van der Waals surface area contributed by atoms with Crippen molar-refractivity contribution in [1.29, 1.82) is 0 Å². The number of aromatic amines is 1. The molecule has 9 rings (SSSR count). The van der Waals surface area contributed by atoms with E-state index in [1.54, 1.807) is 0 Å². The molecule has 5 nitrogen and oxygen atoms in total. The Labute approximate surface area is 293 Å². The van der Waals surface area contributed by atoms with Gasteiger partial charge in [0, 0.05) is 45.5 Å². The maximum atomic E-state index is 6.78. The van der Waals surface area contributed by atoms with Crippen LogP contribution in [0.1, 0.15) is 61.0 Å². The summed E-state index contributed by atoms with van der Waals surface area (Å²) in [4.78, 5) is 3.38. The van der Waals surface area contributed by atoms with Gasteiger partial charge in [-0.3, -0.25) is 4.68 Å². The van der Waals surface area contributed by atoms with Gasteiger partial charge in [0.15, 0.2) is 0 Å². The van der Waals surface area contributed by atoms with Crippen molar-refractivity contribution in [3.63, 3.8) is 0 Å². The van der Waals surface area contributed by atoms with Crippen LogP contribution in [0, 0.1) is 5.92 Å². The summed E-state index contributed by atoms with van der Waals surface area (Å²) in [7, 11) is 0. The lowest BCUT2D eigenvalue weighted by molar-refractivity contribution is 0.310. The van der Waals surface area contributed by atoms with Crippen molar-refractivity contribution in [2.24, 2.45) is 11.7 Å². The number of H-pyrrole nitrogens is 1. The van der Waals surface area contributed by atoms with Crippen molar-refractivity contribution < 1.29 is 4.74 Å². The molecule has 6 aromatic carbocycles. The number of ether oxygens (including phenoxy) is 1. The van der Waals surface area contributed by atoms with Crippen LogP contribution in [0.5, 0.6) is 5.75 Å². The fourth-order valence-electron chi connectivity index (χ4n) is 7.69. The maximum absolute atomic E-state index is 6.78. The Morgan fingerprint density at radius 3 is 2.08 bits per heavy atom. The average molecular weight is 657 g/mol. The summed E-state index contributed by atoms with van der Waals surface area (Å²) in [5.74, 6) is 1.49. The Kier molecular flexibility index (Phi) is 8.82. The third kappa shape index (κ3) is 6.37. The quantitative estimate of drug-likeness (QED) is 0.168. The monoisotopic (exact) mass is 656 g/mol. The van der Waals surface area contributed by atoms with E-state index in [9.17, 15) is 0 Å². The van der Waals surface area contributed by atoms with Crippen LogP contribution in [0.15, 0.2) is 134 Å². The third-order valence-corrected chi connectivity index (χ3v) is 10.3. The van der Waals surface area contributed by atoms with Crippen molar-refractivity contribution in [1.82, 2.24) is 14.8 Å². The van der Waals surface area contributed by atoms with Gasteiger partial charge in [0.25, 0.3) is 0 Å². The van der Waals surface area contributed by atoms with Gasteiger partial charge in [-0.05, 0) is 102 Å². The number of nitrogens with one attached hydrogen (secondary N) is 1. The van der Waals surface area contributed by atoms with Crippen molar-refractivity contribution >= 4 is 43.4 Å². The summed E-state index contributed by atoms with van der Waals surface area (Å²) in [6, 6.07) is 43.0. The molecule has 0 saturated heterocycles. The van der Waals surface area contributed by atoms with Crippen LogP contribution in [0.2, 0.25) is 0 Å². The number of aryl methyl sites for hydroxylation is 1. The minimum Gasteiger partial charge on any atom is -0.488 e. The van der Waals surface area contributed by atoms with E-state index in [1.165, 1.54) is 60.2 Å². The molecule has 250 valence electrons. The van der Waals surface area contributed by atoms with Gasteiger partial charge >= 0.3 is 0 Å². The smallest absolute Gasteiger partial charge is 0.128 e. The Hall–Kier alpha value is -5.39. The Morgan fingerprint density at radius 1 is 0.740 bits per heavy atom. The molecule has 5 heteroatoms. The van der Waals surface area contributed by atoms with Crippen LogP contribution < -0.4 is 10.5 Å². The lowest BCUT2D eigenvalue weighted by Crippen LogP contribution is -2.24. The second-order valence-corrected chi connectivity index (χ2v) is 14.0. The number of para-hydroxylation sites is 2. The Balaban J connectivity index is 0.000000230. The first-order valence-electron chi connectivity index (χ1n) is 17.9. The van der Waals surface area contributed by atoms with Crippen LogP contribution in [0.25, 0.3) is 43.4 Å². The molecular weight excluding hydrogens is 613 g/mol. The molecule has 50 heavy (non-hydrogen) atoms. The van der Waals surface area contributed by atoms with Crippen molar-refractivity contribution in [2.75, 3.05) is 0 Å². The number of aromatic nitrogens is 3. The minimum atomic E-state index is 0.0664. The summed E-state index contributed by atoms with van der Waals surface area (Å²) in [6.07, 6.45) is 8.46. The van der Waals surface area contributed by atoms with Crippen molar-refractivity contribution in [3.05, 3.63) is 156 Å². The second-order valence-electron chi connectivity index (χ2n) is 14.0. The van der Waals surface area contributed by atoms with E-state index >= 15 is 0 Å². The van der Waals surface area contributed by atoms with E-state index in [-0.39, 0.29) is 6.04 Å². The van der Waals surface area contributed by atoms with Gasteiger partial charge in [0.2, 0.25) is 0 Å². The van der Waals surface area contributed by atoms with Gasteiger partial charge in [-0.2, -0.15) is 5.10 Å². The molecule has 3 N–H and O–H groups in total. The number of fused-ring (bicyclic) bond motifs is 8. The lowest BCUT2D eigenvalue weighted by atomic mass is 9.76. The zero-order valence-electron chi connectivity index (χ0n) is 28.8. The predicted octanol–water partition coefficient (Wildman–Crippen LogP) is 10.9. The summed E-state index contributed by atoms with van der Waals surface area (Å²) in [6.45, 7) is 4.89. The van der Waals surface area contributed by atoms with Gasteiger partial charge < -0.3 is 15.5 Å². The van der Waals surface area contributed by atoms with Gasteiger partial charge in [0.1, 0.15) is 12.4 Å². The highest BCUT2D eigenvalue weighted by atomic mass is 16.5. The zero-order valence-corrected chi connectivity index (χ0v) is 28.8. The van der Waals surface area contributed by atoms with Crippen LogP contribution in [0.3, 0.4) is 0 Å². The number of rotatable bonds is 7. The molecule has 0 radical (unpaired) electrons. The lowest BCUT2D eigenvalue weighted by Gasteiger charge is -2.31. The van der Waals surface area contributed by atoms with E-state index in [2.05, 4.69) is 145 Å². The molecular formula is C45H44N4O. The van der Waals surface area contributed by atoms with Crippen LogP contribution in [-0.2, 0) is 19.4 Å². The van der Waals surface area contributed by atoms with E-state index in [0.29, 0.717) is 18.6 Å². The third-order valence-electron chi connectivity index (χ3n) is 10.3. The van der Waals surface area contributed by atoms with E-state index in [1.807, 2.05) is 16.9 Å². The number of hydrogen-bond donors (Lipinski definition) is 2. The molecule has 0 spiro atoms. The molecule has 0 amide bonds. The van der Waals surface area contributed by atoms with E-state index in [4.69, 9.17) is 10.5 Å².